The standard InChI is InChI=1S/C24H18BrN5O2/c1-16(17-9-13-21(14-10-17)30(31)32)28-29-23-15-22(18-5-3-2-4-6-18)26-24(27-23)19-7-11-20(25)12-8-19/h2-15H,1H3,(H,26,27,29)/b28-16+. The normalized spacial score (nSPS) is 11.2. The second kappa shape index (κ2) is 9.49. The van der Waals surface area contributed by atoms with E-state index in [1.165, 1.54) is 12.1 Å². The van der Waals surface area contributed by atoms with Crippen molar-refractivity contribution in [3.05, 3.63) is 105 Å². The van der Waals surface area contributed by atoms with Crippen LogP contribution in [0, 0.1) is 10.1 Å². The Morgan fingerprint density at radius 2 is 1.62 bits per heavy atom. The summed E-state index contributed by atoms with van der Waals surface area (Å²) in [6.07, 6.45) is 0. The Morgan fingerprint density at radius 3 is 2.28 bits per heavy atom. The highest BCUT2D eigenvalue weighted by Gasteiger charge is 2.10. The first-order valence-electron chi connectivity index (χ1n) is 9.75. The largest absolute Gasteiger partial charge is 0.269 e. The van der Waals surface area contributed by atoms with Gasteiger partial charge in [-0.15, -0.1) is 0 Å². The first kappa shape index (κ1) is 21.3. The second-order valence-corrected chi connectivity index (χ2v) is 7.86. The first-order valence-corrected chi connectivity index (χ1v) is 10.5. The molecule has 0 spiro atoms. The molecule has 1 heterocycles. The monoisotopic (exact) mass is 487 g/mol. The van der Waals surface area contributed by atoms with Gasteiger partial charge in [0, 0.05) is 33.8 Å². The van der Waals surface area contributed by atoms with E-state index in [0.717, 1.165) is 26.9 Å². The van der Waals surface area contributed by atoms with Crippen LogP contribution < -0.4 is 5.43 Å². The molecule has 158 valence electrons. The lowest BCUT2D eigenvalue weighted by Crippen LogP contribution is -2.03. The maximum absolute atomic E-state index is 10.9. The predicted molar refractivity (Wildman–Crippen MR) is 130 cm³/mol. The number of non-ortho nitro benzene ring substituents is 1. The molecule has 0 bridgehead atoms. The lowest BCUT2D eigenvalue weighted by molar-refractivity contribution is -0.384. The minimum atomic E-state index is -0.426. The molecule has 3 aromatic carbocycles. The molecule has 0 saturated carbocycles. The molecule has 0 aliphatic carbocycles. The average molecular weight is 488 g/mol. The minimum absolute atomic E-state index is 0.0388. The summed E-state index contributed by atoms with van der Waals surface area (Å²) in [5.41, 5.74) is 7.10. The highest BCUT2D eigenvalue weighted by atomic mass is 79.9. The van der Waals surface area contributed by atoms with Crippen LogP contribution in [-0.2, 0) is 0 Å². The minimum Gasteiger partial charge on any atom is -0.261 e. The van der Waals surface area contributed by atoms with Gasteiger partial charge in [0.25, 0.3) is 5.69 Å². The molecule has 32 heavy (non-hydrogen) atoms. The van der Waals surface area contributed by atoms with Gasteiger partial charge < -0.3 is 0 Å². The summed E-state index contributed by atoms with van der Waals surface area (Å²) in [6.45, 7) is 1.82. The number of hydrogen-bond acceptors (Lipinski definition) is 6. The van der Waals surface area contributed by atoms with Crippen molar-refractivity contribution in [3.8, 4) is 22.6 Å². The molecule has 0 fully saturated rings. The zero-order valence-electron chi connectivity index (χ0n) is 17.1. The van der Waals surface area contributed by atoms with Crippen molar-refractivity contribution in [1.82, 2.24) is 9.97 Å². The van der Waals surface area contributed by atoms with Crippen molar-refractivity contribution in [2.75, 3.05) is 5.43 Å². The van der Waals surface area contributed by atoms with Crippen molar-refractivity contribution in [2.24, 2.45) is 5.10 Å². The van der Waals surface area contributed by atoms with Gasteiger partial charge in [-0.25, -0.2) is 9.97 Å². The zero-order valence-corrected chi connectivity index (χ0v) is 18.7. The number of nitrogens with one attached hydrogen (secondary N) is 1. The number of nitrogens with zero attached hydrogens (tertiary/aromatic N) is 4. The van der Waals surface area contributed by atoms with Crippen LogP contribution in [0.5, 0.6) is 0 Å². The maximum atomic E-state index is 10.9. The van der Waals surface area contributed by atoms with Crippen LogP contribution in [-0.4, -0.2) is 20.6 Å². The molecule has 0 radical (unpaired) electrons. The van der Waals surface area contributed by atoms with Gasteiger partial charge in [0.15, 0.2) is 11.6 Å². The first-order chi connectivity index (χ1) is 15.5. The van der Waals surface area contributed by atoms with Gasteiger partial charge in [0.2, 0.25) is 0 Å². The van der Waals surface area contributed by atoms with Crippen LogP contribution in [0.1, 0.15) is 12.5 Å². The van der Waals surface area contributed by atoms with E-state index >= 15 is 0 Å². The van der Waals surface area contributed by atoms with Crippen molar-refractivity contribution in [2.45, 2.75) is 6.92 Å². The molecule has 0 unspecified atom stereocenters. The molecule has 4 rings (SSSR count). The lowest BCUT2D eigenvalue weighted by Gasteiger charge is -2.09. The number of benzene rings is 3. The average Bonchev–Trinajstić information content (AvgIpc) is 2.83. The van der Waals surface area contributed by atoms with E-state index < -0.39 is 4.92 Å². The van der Waals surface area contributed by atoms with Gasteiger partial charge in [0.1, 0.15) is 0 Å². The predicted octanol–water partition coefficient (Wildman–Crippen LogP) is 6.32. The molecule has 8 heteroatoms. The number of nitro benzene ring substituents is 1. The van der Waals surface area contributed by atoms with Gasteiger partial charge in [0.05, 0.1) is 16.3 Å². The number of nitro groups is 1. The number of rotatable bonds is 6. The van der Waals surface area contributed by atoms with E-state index in [9.17, 15) is 10.1 Å². The highest BCUT2D eigenvalue weighted by molar-refractivity contribution is 9.10. The van der Waals surface area contributed by atoms with Gasteiger partial charge in [-0.05, 0) is 36.8 Å². The Hall–Kier alpha value is -3.91. The number of aromatic nitrogens is 2. The molecule has 0 amide bonds. The fourth-order valence-electron chi connectivity index (χ4n) is 3.02. The Morgan fingerprint density at radius 1 is 0.938 bits per heavy atom. The van der Waals surface area contributed by atoms with Crippen LogP contribution in [0.2, 0.25) is 0 Å². The topological polar surface area (TPSA) is 93.3 Å². The molecule has 4 aromatic rings. The van der Waals surface area contributed by atoms with Crippen LogP contribution >= 0.6 is 15.9 Å². The molecule has 7 nitrogen and oxygen atoms in total. The summed E-state index contributed by atoms with van der Waals surface area (Å²) >= 11 is 3.45. The molecule has 0 saturated heterocycles. The molecule has 0 aliphatic rings. The maximum Gasteiger partial charge on any atom is 0.269 e. The summed E-state index contributed by atoms with van der Waals surface area (Å²) < 4.78 is 0.974. The summed E-state index contributed by atoms with van der Waals surface area (Å²) in [4.78, 5) is 19.8. The number of hydrazone groups is 1. The second-order valence-electron chi connectivity index (χ2n) is 6.95. The van der Waals surface area contributed by atoms with E-state index in [4.69, 9.17) is 4.98 Å². The van der Waals surface area contributed by atoms with Crippen molar-refractivity contribution in [1.29, 1.82) is 0 Å². The lowest BCUT2D eigenvalue weighted by atomic mass is 10.1. The smallest absolute Gasteiger partial charge is 0.261 e. The fraction of sp³-hybridized carbons (Fsp3) is 0.0417. The van der Waals surface area contributed by atoms with Crippen LogP contribution in [0.4, 0.5) is 11.5 Å². The Kier molecular flexibility index (Phi) is 6.32. The third kappa shape index (κ3) is 5.04. The number of halogens is 1. The fourth-order valence-corrected chi connectivity index (χ4v) is 3.28. The van der Waals surface area contributed by atoms with Gasteiger partial charge >= 0.3 is 0 Å². The van der Waals surface area contributed by atoms with Crippen molar-refractivity contribution in [3.63, 3.8) is 0 Å². The van der Waals surface area contributed by atoms with Gasteiger partial charge in [-0.3, -0.25) is 15.5 Å². The number of hydrogen-bond donors (Lipinski definition) is 1. The summed E-state index contributed by atoms with van der Waals surface area (Å²) in [5.74, 6) is 1.11. The van der Waals surface area contributed by atoms with Crippen LogP contribution in [0.15, 0.2) is 94.5 Å². The summed E-state index contributed by atoms with van der Waals surface area (Å²) in [5, 5.41) is 15.3. The molecular weight excluding hydrogens is 470 g/mol. The third-order valence-corrected chi connectivity index (χ3v) is 5.26. The van der Waals surface area contributed by atoms with Crippen molar-refractivity contribution < 1.29 is 4.92 Å². The van der Waals surface area contributed by atoms with E-state index in [1.807, 2.05) is 67.6 Å². The molecule has 0 atom stereocenters. The summed E-state index contributed by atoms with van der Waals surface area (Å²) in [6, 6.07) is 25.7. The Balaban J connectivity index is 1.67. The van der Waals surface area contributed by atoms with E-state index in [0.29, 0.717) is 17.4 Å². The van der Waals surface area contributed by atoms with Gasteiger partial charge in [-0.1, -0.05) is 58.4 Å². The SMILES string of the molecule is C/C(=N\Nc1cc(-c2ccccc2)nc(-c2ccc(Br)cc2)n1)c1ccc([N+](=O)[O-])cc1. The van der Waals surface area contributed by atoms with Gasteiger partial charge in [-0.2, -0.15) is 5.10 Å². The Labute approximate surface area is 193 Å². The van der Waals surface area contributed by atoms with Crippen LogP contribution in [0.25, 0.3) is 22.6 Å². The van der Waals surface area contributed by atoms with Crippen LogP contribution in [0.3, 0.4) is 0 Å². The molecule has 1 N–H and O–H groups in total. The zero-order chi connectivity index (χ0) is 22.5. The quantitative estimate of drug-likeness (QED) is 0.195. The van der Waals surface area contributed by atoms with E-state index in [2.05, 4.69) is 31.4 Å². The molecular formula is C24H18BrN5O2. The third-order valence-electron chi connectivity index (χ3n) is 4.73. The van der Waals surface area contributed by atoms with Crippen molar-refractivity contribution >= 4 is 33.1 Å². The number of anilines is 1. The molecule has 1 aromatic heterocycles. The Bertz CT molecular complexity index is 1270. The summed E-state index contributed by atoms with van der Waals surface area (Å²) in [7, 11) is 0. The van der Waals surface area contributed by atoms with E-state index in [1.54, 1.807) is 12.1 Å². The molecule has 0 aliphatic heterocycles. The van der Waals surface area contributed by atoms with E-state index in [-0.39, 0.29) is 5.69 Å². The highest BCUT2D eigenvalue weighted by Crippen LogP contribution is 2.25.